The summed E-state index contributed by atoms with van der Waals surface area (Å²) in [4.78, 5) is 11.8. The number of halogens is 1. The van der Waals surface area contributed by atoms with E-state index in [0.717, 1.165) is 11.3 Å². The fraction of sp³-hybridized carbons (Fsp3) is 0.417. The number of rotatable bonds is 4. The van der Waals surface area contributed by atoms with E-state index in [9.17, 15) is 4.79 Å². The number of carbonyl (C=O) groups excluding carboxylic acids is 1. The molecule has 0 aliphatic heterocycles. The van der Waals surface area contributed by atoms with E-state index in [1.54, 1.807) is 7.11 Å². The average Bonchev–Trinajstić information content (AvgIpc) is 2.15. The second-order valence-corrected chi connectivity index (χ2v) is 9.50. The first-order valence-electron chi connectivity index (χ1n) is 4.90. The highest BCUT2D eigenvalue weighted by atomic mass is 79.9. The van der Waals surface area contributed by atoms with Crippen molar-refractivity contribution in [2.75, 3.05) is 33.3 Å². The second kappa shape index (κ2) is 6.36. The van der Waals surface area contributed by atoms with Crippen molar-refractivity contribution in [1.82, 2.24) is 0 Å². The molecule has 0 fully saturated rings. The Balaban J connectivity index is 0.00000225. The van der Waals surface area contributed by atoms with Crippen molar-refractivity contribution >= 4 is 13.0 Å². The molecule has 1 rings (SSSR count). The molecule has 0 aliphatic rings. The molecular weight excluding hydrogens is 287 g/mol. The molecule has 0 amide bonds. The first-order chi connectivity index (χ1) is 6.92. The number of hydrogen-bond donors (Lipinski definition) is 0. The topological polar surface area (TPSA) is 26.3 Å². The number of ketones is 1. The number of hydrogen-bond acceptors (Lipinski definition) is 2. The summed E-state index contributed by atoms with van der Waals surface area (Å²) < 4.78 is 5.05. The van der Waals surface area contributed by atoms with Gasteiger partial charge >= 0.3 is 0 Å². The number of benzene rings is 1. The van der Waals surface area contributed by atoms with Crippen LogP contribution in [0, 0.1) is 0 Å². The third kappa shape index (κ3) is 5.09. The van der Waals surface area contributed by atoms with Gasteiger partial charge in [0.15, 0.2) is 5.78 Å². The van der Waals surface area contributed by atoms with Crippen LogP contribution in [0.2, 0.25) is 0 Å². The van der Waals surface area contributed by atoms with E-state index in [4.69, 9.17) is 4.74 Å². The fourth-order valence-corrected chi connectivity index (χ4v) is 2.34. The quantitative estimate of drug-likeness (QED) is 0.568. The Bertz CT molecular complexity index is 341. The molecule has 0 N–H and O–H groups in total. The molecule has 0 aromatic heterocycles. The lowest BCUT2D eigenvalue weighted by molar-refractivity contribution is -0.0000117. The number of carbonyl (C=O) groups is 1. The van der Waals surface area contributed by atoms with Crippen molar-refractivity contribution < 1.29 is 26.5 Å². The minimum absolute atomic E-state index is 0. The fourth-order valence-electron chi connectivity index (χ4n) is 1.30. The Kier molecular flexibility index (Phi) is 6.20. The van der Waals surface area contributed by atoms with Gasteiger partial charge in [-0.25, -0.2) is 0 Å². The van der Waals surface area contributed by atoms with Crippen LogP contribution >= 0.6 is 7.26 Å². The summed E-state index contributed by atoms with van der Waals surface area (Å²) in [6.45, 7) is 6.53. The summed E-state index contributed by atoms with van der Waals surface area (Å²) in [5.41, 5.74) is 0.783. The average molecular weight is 305 g/mol. The van der Waals surface area contributed by atoms with Gasteiger partial charge in [-0.1, -0.05) is 0 Å². The van der Waals surface area contributed by atoms with Gasteiger partial charge in [-0.05, 0) is 24.3 Å². The predicted molar refractivity (Wildman–Crippen MR) is 66.9 cm³/mol. The van der Waals surface area contributed by atoms with Gasteiger partial charge in [-0.15, -0.1) is 0 Å². The number of ether oxygens (including phenoxy) is 1. The maximum Gasteiger partial charge on any atom is 0.199 e. The highest BCUT2D eigenvalue weighted by molar-refractivity contribution is 7.74. The normalized spacial score (nSPS) is 10.5. The van der Waals surface area contributed by atoms with Crippen molar-refractivity contribution in [3.05, 3.63) is 29.8 Å². The van der Waals surface area contributed by atoms with Crippen LogP contribution in [0.15, 0.2) is 24.3 Å². The molecule has 0 saturated carbocycles. The van der Waals surface area contributed by atoms with Gasteiger partial charge in [0.25, 0.3) is 0 Å². The molecule has 0 saturated heterocycles. The smallest absolute Gasteiger partial charge is 0.199 e. The summed E-state index contributed by atoms with van der Waals surface area (Å²) in [5.74, 6) is 1.02. The van der Waals surface area contributed by atoms with Crippen molar-refractivity contribution in [1.29, 1.82) is 0 Å². The molecule has 0 atom stereocenters. The maximum absolute atomic E-state index is 11.8. The van der Waals surface area contributed by atoms with Gasteiger partial charge in [-0.2, -0.15) is 0 Å². The first kappa shape index (κ1) is 15.6. The van der Waals surface area contributed by atoms with Gasteiger partial charge in [0.05, 0.1) is 7.11 Å². The molecule has 0 unspecified atom stereocenters. The van der Waals surface area contributed by atoms with Crippen molar-refractivity contribution in [3.63, 3.8) is 0 Å². The SMILES string of the molecule is COc1ccc(C(=O)C[P+](C)(C)C)cc1.[Br-]. The number of Topliss-reactive ketones (excluding diaryl/α,β-unsaturated/α-hetero) is 1. The van der Waals surface area contributed by atoms with Crippen LogP contribution < -0.4 is 21.7 Å². The van der Waals surface area contributed by atoms with E-state index < -0.39 is 7.26 Å². The molecule has 0 spiro atoms. The van der Waals surface area contributed by atoms with Crippen LogP contribution in [0.4, 0.5) is 0 Å². The van der Waals surface area contributed by atoms with E-state index in [2.05, 4.69) is 20.0 Å². The lowest BCUT2D eigenvalue weighted by atomic mass is 10.1. The third-order valence-corrected chi connectivity index (χ3v) is 3.27. The predicted octanol–water partition coefficient (Wildman–Crippen LogP) is -0.211. The van der Waals surface area contributed by atoms with Gasteiger partial charge in [0, 0.05) is 32.8 Å². The Hall–Kier alpha value is -0.400. The zero-order chi connectivity index (χ0) is 11.5. The van der Waals surface area contributed by atoms with E-state index >= 15 is 0 Å². The molecule has 0 bridgehead atoms. The van der Waals surface area contributed by atoms with Crippen LogP contribution in [0.3, 0.4) is 0 Å². The minimum atomic E-state index is -1.04. The standard InChI is InChI=1S/C12H18O2P.BrH/c1-14-11-7-5-10(6-8-11)12(13)9-15(2,3)4;/h5-8H,9H2,1-4H3;1H/q+1;/p-1. The largest absolute Gasteiger partial charge is 1.00 e. The summed E-state index contributed by atoms with van der Waals surface area (Å²) in [6, 6.07) is 7.32. The Labute approximate surface area is 108 Å². The molecule has 2 nitrogen and oxygen atoms in total. The Morgan fingerprint density at radius 2 is 1.69 bits per heavy atom. The zero-order valence-corrected chi connectivity index (χ0v) is 12.6. The van der Waals surface area contributed by atoms with Crippen molar-refractivity contribution in [3.8, 4) is 5.75 Å². The summed E-state index contributed by atoms with van der Waals surface area (Å²) in [7, 11) is 0.586. The van der Waals surface area contributed by atoms with E-state index in [0.29, 0.717) is 6.16 Å². The molecule has 16 heavy (non-hydrogen) atoms. The molecule has 0 heterocycles. The number of methoxy groups -OCH3 is 1. The molecule has 90 valence electrons. The van der Waals surface area contributed by atoms with Crippen LogP contribution in [-0.2, 0) is 0 Å². The van der Waals surface area contributed by atoms with Crippen LogP contribution in [0.5, 0.6) is 5.75 Å². The lowest BCUT2D eigenvalue weighted by Gasteiger charge is -2.10. The monoisotopic (exact) mass is 304 g/mol. The zero-order valence-electron chi connectivity index (χ0n) is 10.2. The molecule has 1 aromatic carbocycles. The van der Waals surface area contributed by atoms with E-state index in [1.807, 2.05) is 24.3 Å². The molecule has 0 radical (unpaired) electrons. The van der Waals surface area contributed by atoms with Gasteiger partial charge in [-0.3, -0.25) is 4.79 Å². The second-order valence-electron chi connectivity index (χ2n) is 4.60. The summed E-state index contributed by atoms with van der Waals surface area (Å²) in [5, 5.41) is 0. The molecule has 0 aliphatic carbocycles. The van der Waals surface area contributed by atoms with Crippen LogP contribution in [-0.4, -0.2) is 39.0 Å². The van der Waals surface area contributed by atoms with Crippen LogP contribution in [0.1, 0.15) is 10.4 Å². The minimum Gasteiger partial charge on any atom is -1.00 e. The highest BCUT2D eigenvalue weighted by Gasteiger charge is 2.22. The van der Waals surface area contributed by atoms with Gasteiger partial charge in [0.1, 0.15) is 11.9 Å². The third-order valence-electron chi connectivity index (χ3n) is 2.03. The van der Waals surface area contributed by atoms with Gasteiger partial charge < -0.3 is 21.7 Å². The van der Waals surface area contributed by atoms with E-state index in [-0.39, 0.29) is 22.8 Å². The van der Waals surface area contributed by atoms with Crippen molar-refractivity contribution in [2.45, 2.75) is 0 Å². The lowest BCUT2D eigenvalue weighted by Crippen LogP contribution is -3.00. The Morgan fingerprint density at radius 3 is 2.06 bits per heavy atom. The maximum atomic E-state index is 11.8. The highest BCUT2D eigenvalue weighted by Crippen LogP contribution is 2.46. The Morgan fingerprint density at radius 1 is 1.19 bits per heavy atom. The van der Waals surface area contributed by atoms with Gasteiger partial charge in [0.2, 0.25) is 0 Å². The van der Waals surface area contributed by atoms with Crippen LogP contribution in [0.25, 0.3) is 0 Å². The molecule has 1 aromatic rings. The molecule has 4 heteroatoms. The van der Waals surface area contributed by atoms with E-state index in [1.165, 1.54) is 0 Å². The summed E-state index contributed by atoms with van der Waals surface area (Å²) >= 11 is 0. The summed E-state index contributed by atoms with van der Waals surface area (Å²) in [6.07, 6.45) is 0.680. The van der Waals surface area contributed by atoms with Crippen molar-refractivity contribution in [2.24, 2.45) is 0 Å². The first-order valence-corrected chi connectivity index (χ1v) is 8.22. The molecular formula is C12H18BrO2P.